The van der Waals surface area contributed by atoms with E-state index in [1.807, 2.05) is 36.4 Å². The first-order valence-electron chi connectivity index (χ1n) is 8.99. The third-order valence-electron chi connectivity index (χ3n) is 4.71. The Labute approximate surface area is 158 Å². The highest BCUT2D eigenvalue weighted by Crippen LogP contribution is 2.23. The molecule has 1 fully saturated rings. The predicted molar refractivity (Wildman–Crippen MR) is 103 cm³/mol. The number of nitrogens with one attached hydrogen (secondary N) is 1. The number of methoxy groups -OCH3 is 1. The molecule has 0 bridgehead atoms. The van der Waals surface area contributed by atoms with Crippen LogP contribution in [0.4, 0.5) is 10.5 Å². The number of benzene rings is 1. The largest absolute Gasteiger partial charge is 0.497 e. The van der Waals surface area contributed by atoms with Gasteiger partial charge in [0, 0.05) is 37.7 Å². The van der Waals surface area contributed by atoms with Crippen LogP contribution in [0, 0.1) is 0 Å². The number of rotatable bonds is 5. The Morgan fingerprint density at radius 2 is 2.04 bits per heavy atom. The number of urea groups is 1. The van der Waals surface area contributed by atoms with Crippen molar-refractivity contribution >= 4 is 17.6 Å². The van der Waals surface area contributed by atoms with Gasteiger partial charge >= 0.3 is 6.03 Å². The van der Waals surface area contributed by atoms with E-state index >= 15 is 0 Å². The van der Waals surface area contributed by atoms with Crippen molar-refractivity contribution in [1.82, 2.24) is 15.2 Å². The van der Waals surface area contributed by atoms with Crippen LogP contribution >= 0.6 is 0 Å². The smallest absolute Gasteiger partial charge is 0.318 e. The summed E-state index contributed by atoms with van der Waals surface area (Å²) in [5, 5.41) is 2.89. The monoisotopic (exact) mass is 368 g/mol. The van der Waals surface area contributed by atoms with Crippen LogP contribution in [0.5, 0.6) is 5.75 Å². The second kappa shape index (κ2) is 8.53. The molecule has 1 atom stereocenters. The molecule has 0 aliphatic carbocycles. The van der Waals surface area contributed by atoms with Gasteiger partial charge in [0.25, 0.3) is 0 Å². The van der Waals surface area contributed by atoms with Gasteiger partial charge in [-0.1, -0.05) is 6.07 Å². The van der Waals surface area contributed by atoms with Crippen LogP contribution in [0.3, 0.4) is 0 Å². The molecule has 142 valence electrons. The number of hydrogen-bond acceptors (Lipinski definition) is 4. The number of hydrogen-bond donors (Lipinski definition) is 1. The summed E-state index contributed by atoms with van der Waals surface area (Å²) in [4.78, 5) is 32.6. The van der Waals surface area contributed by atoms with E-state index in [0.717, 1.165) is 17.0 Å². The molecule has 3 rings (SSSR count). The van der Waals surface area contributed by atoms with Crippen LogP contribution in [0.25, 0.3) is 0 Å². The molecule has 0 radical (unpaired) electrons. The van der Waals surface area contributed by atoms with Crippen LogP contribution in [0.2, 0.25) is 0 Å². The molecular formula is C20H24N4O3. The maximum absolute atomic E-state index is 12.8. The summed E-state index contributed by atoms with van der Waals surface area (Å²) in [6.45, 7) is 3.21. The highest BCUT2D eigenvalue weighted by Gasteiger charge is 2.34. The van der Waals surface area contributed by atoms with Crippen LogP contribution in [0.15, 0.2) is 48.8 Å². The molecule has 1 saturated heterocycles. The number of carbonyl (C=O) groups is 2. The lowest BCUT2D eigenvalue weighted by molar-refractivity contribution is -0.124. The molecule has 1 aliphatic rings. The zero-order valence-corrected chi connectivity index (χ0v) is 15.6. The van der Waals surface area contributed by atoms with Crippen molar-refractivity contribution in [2.75, 3.05) is 31.6 Å². The van der Waals surface area contributed by atoms with Gasteiger partial charge in [0.05, 0.1) is 7.11 Å². The highest BCUT2D eigenvalue weighted by molar-refractivity contribution is 6.00. The van der Waals surface area contributed by atoms with E-state index in [-0.39, 0.29) is 11.9 Å². The number of carbonyl (C=O) groups excluding carboxylic acids is 2. The topological polar surface area (TPSA) is 74.8 Å². The highest BCUT2D eigenvalue weighted by atomic mass is 16.5. The van der Waals surface area contributed by atoms with Gasteiger partial charge in [-0.15, -0.1) is 0 Å². The number of pyridine rings is 1. The van der Waals surface area contributed by atoms with Gasteiger partial charge in [0.15, 0.2) is 0 Å². The average Bonchev–Trinajstić information content (AvgIpc) is 2.71. The molecule has 1 aromatic carbocycles. The number of anilines is 1. The van der Waals surface area contributed by atoms with E-state index in [1.165, 1.54) is 0 Å². The third kappa shape index (κ3) is 4.36. The minimum atomic E-state index is -0.515. The zero-order chi connectivity index (χ0) is 19.2. The molecule has 0 unspecified atom stereocenters. The van der Waals surface area contributed by atoms with Gasteiger partial charge in [-0.25, -0.2) is 4.79 Å². The number of piperazine rings is 1. The molecule has 1 N–H and O–H groups in total. The van der Waals surface area contributed by atoms with E-state index in [9.17, 15) is 9.59 Å². The number of amides is 3. The van der Waals surface area contributed by atoms with E-state index in [1.54, 1.807) is 36.2 Å². The lowest BCUT2D eigenvalue weighted by atomic mass is 10.1. The molecule has 3 amide bonds. The second-order valence-corrected chi connectivity index (χ2v) is 6.40. The van der Waals surface area contributed by atoms with Crippen molar-refractivity contribution in [3.8, 4) is 5.75 Å². The van der Waals surface area contributed by atoms with Gasteiger partial charge < -0.3 is 19.9 Å². The van der Waals surface area contributed by atoms with Crippen molar-refractivity contribution < 1.29 is 14.3 Å². The lowest BCUT2D eigenvalue weighted by Crippen LogP contribution is -2.59. The Morgan fingerprint density at radius 3 is 2.70 bits per heavy atom. The molecular weight excluding hydrogens is 344 g/mol. The summed E-state index contributed by atoms with van der Waals surface area (Å²) in [7, 11) is 1.61. The van der Waals surface area contributed by atoms with Gasteiger partial charge in [-0.05, 0) is 49.2 Å². The van der Waals surface area contributed by atoms with E-state index in [4.69, 9.17) is 4.74 Å². The molecule has 0 spiro atoms. The summed E-state index contributed by atoms with van der Waals surface area (Å²) in [5.74, 6) is 0.653. The van der Waals surface area contributed by atoms with Crippen LogP contribution in [-0.4, -0.2) is 54.6 Å². The predicted octanol–water partition coefficient (Wildman–Crippen LogP) is 2.08. The van der Waals surface area contributed by atoms with E-state index in [0.29, 0.717) is 26.1 Å². The first kappa shape index (κ1) is 18.7. The molecule has 7 nitrogen and oxygen atoms in total. The quantitative estimate of drug-likeness (QED) is 0.877. The number of ether oxygens (including phenoxy) is 1. The van der Waals surface area contributed by atoms with E-state index < -0.39 is 6.04 Å². The molecule has 0 saturated carbocycles. The Morgan fingerprint density at radius 1 is 1.26 bits per heavy atom. The van der Waals surface area contributed by atoms with Crippen molar-refractivity contribution in [2.45, 2.75) is 19.4 Å². The third-order valence-corrected chi connectivity index (χ3v) is 4.71. The average molecular weight is 368 g/mol. The zero-order valence-electron chi connectivity index (χ0n) is 15.6. The Bertz CT molecular complexity index is 780. The fourth-order valence-corrected chi connectivity index (χ4v) is 3.13. The summed E-state index contributed by atoms with van der Waals surface area (Å²) in [6, 6.07) is 10.5. The lowest BCUT2D eigenvalue weighted by Gasteiger charge is -2.39. The minimum absolute atomic E-state index is 0.0890. The molecule has 2 aromatic rings. The summed E-state index contributed by atoms with van der Waals surface area (Å²) in [5.41, 5.74) is 1.87. The van der Waals surface area contributed by atoms with E-state index in [2.05, 4.69) is 10.3 Å². The number of nitrogens with zero attached hydrogens (tertiary/aromatic N) is 3. The molecule has 1 aromatic heterocycles. The Balaban J connectivity index is 1.56. The fourth-order valence-electron chi connectivity index (χ4n) is 3.13. The van der Waals surface area contributed by atoms with Crippen molar-refractivity contribution in [2.24, 2.45) is 0 Å². The molecule has 27 heavy (non-hydrogen) atoms. The summed E-state index contributed by atoms with van der Waals surface area (Å²) in [6.07, 6.45) is 4.21. The second-order valence-electron chi connectivity index (χ2n) is 6.40. The normalized spacial score (nSPS) is 17.0. The summed E-state index contributed by atoms with van der Waals surface area (Å²) >= 11 is 0. The maximum atomic E-state index is 12.8. The van der Waals surface area contributed by atoms with Gasteiger partial charge in [-0.3, -0.25) is 9.78 Å². The van der Waals surface area contributed by atoms with Crippen LogP contribution < -0.4 is 15.0 Å². The van der Waals surface area contributed by atoms with Gasteiger partial charge in [0.1, 0.15) is 11.8 Å². The number of aromatic nitrogens is 1. The van der Waals surface area contributed by atoms with Crippen LogP contribution in [0.1, 0.15) is 12.5 Å². The SMILES string of the molecule is COc1ccc(N2CCN(C(=O)NCCc3cccnc3)[C@H](C)C2=O)cc1. The summed E-state index contributed by atoms with van der Waals surface area (Å²) < 4.78 is 5.15. The standard InChI is InChI=1S/C20H24N4O3/c1-15-19(25)24(17-5-7-18(27-2)8-6-17)13-12-23(15)20(26)22-11-9-16-4-3-10-21-14-16/h3-8,10,14-15H,9,11-13H2,1-2H3,(H,22,26)/t15-/m1/s1. The van der Waals surface area contributed by atoms with Crippen LogP contribution in [-0.2, 0) is 11.2 Å². The van der Waals surface area contributed by atoms with Gasteiger partial charge in [0.2, 0.25) is 5.91 Å². The van der Waals surface area contributed by atoms with Crippen molar-refractivity contribution in [3.63, 3.8) is 0 Å². The molecule has 1 aliphatic heterocycles. The van der Waals surface area contributed by atoms with Crippen molar-refractivity contribution in [1.29, 1.82) is 0 Å². The first-order chi connectivity index (χ1) is 13.1. The first-order valence-corrected chi connectivity index (χ1v) is 8.99. The Hall–Kier alpha value is -3.09. The molecule has 2 heterocycles. The molecule has 7 heteroatoms. The Kier molecular flexibility index (Phi) is 5.90. The van der Waals surface area contributed by atoms with Gasteiger partial charge in [-0.2, -0.15) is 0 Å². The minimum Gasteiger partial charge on any atom is -0.497 e. The maximum Gasteiger partial charge on any atom is 0.318 e. The van der Waals surface area contributed by atoms with Crippen molar-refractivity contribution in [3.05, 3.63) is 54.4 Å². The fraction of sp³-hybridized carbons (Fsp3) is 0.350.